The van der Waals surface area contributed by atoms with Crippen LogP contribution in [0.4, 0.5) is 5.69 Å². The summed E-state index contributed by atoms with van der Waals surface area (Å²) in [5, 5.41) is 4.28. The summed E-state index contributed by atoms with van der Waals surface area (Å²) >= 11 is 0. The second-order valence-corrected chi connectivity index (χ2v) is 11.7. The molecule has 4 aromatic carbocycles. The molecule has 2 heterocycles. The van der Waals surface area contributed by atoms with E-state index in [0.717, 1.165) is 77.6 Å². The highest BCUT2D eigenvalue weighted by atomic mass is 16.5. The molecule has 232 valence electrons. The first-order valence-corrected chi connectivity index (χ1v) is 15.4. The van der Waals surface area contributed by atoms with E-state index >= 15 is 0 Å². The van der Waals surface area contributed by atoms with E-state index in [0.29, 0.717) is 22.9 Å². The SMILES string of the molecule is COc1cc2c(cc1OC)CN(CCCOc1ccc(NC(=O)Cc3cccc4c(=O)c5cccc(C)c5[nH]c34)c(C)c1)CC2. The summed E-state index contributed by atoms with van der Waals surface area (Å²) in [6.07, 6.45) is 2.03. The van der Waals surface area contributed by atoms with E-state index in [1.165, 1.54) is 11.1 Å². The molecule has 0 spiro atoms. The van der Waals surface area contributed by atoms with Crippen LogP contribution in [-0.4, -0.2) is 49.7 Å². The lowest BCUT2D eigenvalue weighted by molar-refractivity contribution is -0.115. The Morgan fingerprint density at radius 2 is 1.62 bits per heavy atom. The highest BCUT2D eigenvalue weighted by Gasteiger charge is 2.19. The van der Waals surface area contributed by atoms with Gasteiger partial charge in [-0.1, -0.05) is 24.3 Å². The summed E-state index contributed by atoms with van der Waals surface area (Å²) in [5.41, 5.74) is 7.51. The number of aromatic amines is 1. The molecule has 8 heteroatoms. The number of methoxy groups -OCH3 is 2. The van der Waals surface area contributed by atoms with E-state index in [9.17, 15) is 9.59 Å². The van der Waals surface area contributed by atoms with Gasteiger partial charge >= 0.3 is 0 Å². The van der Waals surface area contributed by atoms with Gasteiger partial charge in [0.2, 0.25) is 5.91 Å². The smallest absolute Gasteiger partial charge is 0.228 e. The number of H-pyrrole nitrogens is 1. The predicted octanol–water partition coefficient (Wildman–Crippen LogP) is 6.32. The molecule has 1 amide bonds. The lowest BCUT2D eigenvalue weighted by atomic mass is 9.98. The van der Waals surface area contributed by atoms with Crippen molar-refractivity contribution in [2.24, 2.45) is 0 Å². The number of ether oxygens (including phenoxy) is 3. The minimum atomic E-state index is -0.149. The predicted molar refractivity (Wildman–Crippen MR) is 179 cm³/mol. The normalized spacial score (nSPS) is 13.1. The molecule has 0 saturated heterocycles. The molecule has 5 aromatic rings. The maximum atomic E-state index is 13.2. The van der Waals surface area contributed by atoms with Gasteiger partial charge in [0, 0.05) is 36.1 Å². The first-order chi connectivity index (χ1) is 21.8. The summed E-state index contributed by atoms with van der Waals surface area (Å²) in [7, 11) is 3.34. The highest BCUT2D eigenvalue weighted by Crippen LogP contribution is 2.33. The average molecular weight is 606 g/mol. The zero-order valence-corrected chi connectivity index (χ0v) is 26.3. The quantitative estimate of drug-likeness (QED) is 0.143. The number of fused-ring (bicyclic) bond motifs is 3. The molecule has 0 atom stereocenters. The Bertz CT molecular complexity index is 1950. The lowest BCUT2D eigenvalue weighted by Crippen LogP contribution is -2.32. The van der Waals surface area contributed by atoms with E-state index in [-0.39, 0.29) is 17.8 Å². The van der Waals surface area contributed by atoms with E-state index in [4.69, 9.17) is 14.2 Å². The molecule has 8 nitrogen and oxygen atoms in total. The number of benzene rings is 4. The number of anilines is 1. The van der Waals surface area contributed by atoms with Crippen molar-refractivity contribution in [1.82, 2.24) is 9.88 Å². The summed E-state index contributed by atoms with van der Waals surface area (Å²) in [6.45, 7) is 7.36. The van der Waals surface area contributed by atoms with Gasteiger partial charge in [0.15, 0.2) is 16.9 Å². The third-order valence-electron chi connectivity index (χ3n) is 8.67. The number of para-hydroxylation sites is 2. The van der Waals surface area contributed by atoms with Crippen molar-refractivity contribution >= 4 is 33.4 Å². The monoisotopic (exact) mass is 605 g/mol. The highest BCUT2D eigenvalue weighted by molar-refractivity contribution is 5.99. The molecule has 0 aliphatic carbocycles. The topological polar surface area (TPSA) is 92.9 Å². The minimum absolute atomic E-state index is 0.0286. The van der Waals surface area contributed by atoms with Crippen LogP contribution in [0.25, 0.3) is 21.8 Å². The fourth-order valence-electron chi connectivity index (χ4n) is 6.22. The number of hydrogen-bond donors (Lipinski definition) is 2. The number of aryl methyl sites for hydroxylation is 2. The van der Waals surface area contributed by atoms with Gasteiger partial charge in [0.05, 0.1) is 38.3 Å². The van der Waals surface area contributed by atoms with Crippen LogP contribution in [0.2, 0.25) is 0 Å². The molecular formula is C37H39N3O5. The first kappa shape index (κ1) is 30.2. The van der Waals surface area contributed by atoms with Crippen LogP contribution < -0.4 is 25.0 Å². The number of rotatable bonds is 10. The second-order valence-electron chi connectivity index (χ2n) is 11.7. The first-order valence-electron chi connectivity index (χ1n) is 15.4. The molecular weight excluding hydrogens is 566 g/mol. The van der Waals surface area contributed by atoms with Gasteiger partial charge in [-0.3, -0.25) is 14.5 Å². The van der Waals surface area contributed by atoms with Crippen molar-refractivity contribution in [3.05, 3.63) is 105 Å². The number of amides is 1. The van der Waals surface area contributed by atoms with Gasteiger partial charge in [0.25, 0.3) is 0 Å². The van der Waals surface area contributed by atoms with Crippen LogP contribution in [0.1, 0.15) is 34.2 Å². The Morgan fingerprint density at radius 3 is 2.38 bits per heavy atom. The molecule has 0 saturated carbocycles. The number of carbonyl (C=O) groups excluding carboxylic acids is 1. The van der Waals surface area contributed by atoms with Gasteiger partial charge in [0.1, 0.15) is 5.75 Å². The molecule has 1 aromatic heterocycles. The van der Waals surface area contributed by atoms with Crippen molar-refractivity contribution in [1.29, 1.82) is 0 Å². The fourth-order valence-corrected chi connectivity index (χ4v) is 6.22. The number of pyridine rings is 1. The average Bonchev–Trinajstić information content (AvgIpc) is 3.04. The van der Waals surface area contributed by atoms with Gasteiger partial charge in [-0.25, -0.2) is 0 Å². The summed E-state index contributed by atoms with van der Waals surface area (Å²) < 4.78 is 17.0. The number of carbonyl (C=O) groups is 1. The van der Waals surface area contributed by atoms with Crippen molar-refractivity contribution in [2.45, 2.75) is 39.7 Å². The minimum Gasteiger partial charge on any atom is -0.494 e. The van der Waals surface area contributed by atoms with Crippen LogP contribution in [0.5, 0.6) is 17.2 Å². The fraction of sp³-hybridized carbons (Fsp3) is 0.297. The number of nitrogens with one attached hydrogen (secondary N) is 2. The van der Waals surface area contributed by atoms with Crippen LogP contribution >= 0.6 is 0 Å². The molecule has 0 bridgehead atoms. The van der Waals surface area contributed by atoms with Gasteiger partial charge in [-0.15, -0.1) is 0 Å². The van der Waals surface area contributed by atoms with E-state index in [1.807, 2.05) is 62.4 Å². The van der Waals surface area contributed by atoms with Crippen LogP contribution in [0.3, 0.4) is 0 Å². The van der Waals surface area contributed by atoms with Gasteiger partial charge in [-0.2, -0.15) is 0 Å². The van der Waals surface area contributed by atoms with Gasteiger partial charge in [-0.05, 0) is 97.0 Å². The number of nitrogens with zero attached hydrogens (tertiary/aromatic N) is 1. The maximum absolute atomic E-state index is 13.2. The lowest BCUT2D eigenvalue weighted by Gasteiger charge is -2.29. The van der Waals surface area contributed by atoms with Crippen molar-refractivity contribution in [3.8, 4) is 17.2 Å². The maximum Gasteiger partial charge on any atom is 0.228 e. The standard InChI is InChI=1S/C37H39N3O5/c1-23-8-5-10-29-35(23)39-36-26(9-6-11-30(36)37(29)42)21-34(41)38-31-13-12-28(18-24(31)2)45-17-7-15-40-16-14-25-19-32(43-3)33(44-4)20-27(25)22-40/h5-6,8-13,18-20H,7,14-17,21-22H2,1-4H3,(H,38,41)(H,39,42). The van der Waals surface area contributed by atoms with Crippen LogP contribution in [0, 0.1) is 13.8 Å². The van der Waals surface area contributed by atoms with Crippen LogP contribution in [-0.2, 0) is 24.2 Å². The molecule has 1 aliphatic heterocycles. The number of hydrogen-bond acceptors (Lipinski definition) is 6. The van der Waals surface area contributed by atoms with Crippen molar-refractivity contribution < 1.29 is 19.0 Å². The molecule has 1 aliphatic rings. The number of aromatic nitrogens is 1. The molecule has 0 fully saturated rings. The van der Waals surface area contributed by atoms with Crippen molar-refractivity contribution in [2.75, 3.05) is 39.2 Å². The molecule has 6 rings (SSSR count). The zero-order chi connectivity index (χ0) is 31.5. The molecule has 0 unspecified atom stereocenters. The Balaban J connectivity index is 1.04. The third kappa shape index (κ3) is 6.37. The third-order valence-corrected chi connectivity index (χ3v) is 8.67. The second kappa shape index (κ2) is 13.0. The Morgan fingerprint density at radius 1 is 0.889 bits per heavy atom. The summed E-state index contributed by atoms with van der Waals surface area (Å²) in [5.74, 6) is 2.18. The van der Waals surface area contributed by atoms with E-state index in [2.05, 4.69) is 27.3 Å². The van der Waals surface area contributed by atoms with E-state index in [1.54, 1.807) is 20.3 Å². The van der Waals surface area contributed by atoms with Crippen molar-refractivity contribution in [3.63, 3.8) is 0 Å². The summed E-state index contributed by atoms with van der Waals surface area (Å²) in [6, 6.07) is 21.1. The molecule has 0 radical (unpaired) electrons. The Hall–Kier alpha value is -4.82. The summed E-state index contributed by atoms with van der Waals surface area (Å²) in [4.78, 5) is 32.2. The molecule has 2 N–H and O–H groups in total. The van der Waals surface area contributed by atoms with Gasteiger partial charge < -0.3 is 24.5 Å². The molecule has 45 heavy (non-hydrogen) atoms. The zero-order valence-electron chi connectivity index (χ0n) is 26.3. The van der Waals surface area contributed by atoms with E-state index < -0.39 is 0 Å². The van der Waals surface area contributed by atoms with Crippen LogP contribution in [0.15, 0.2) is 71.5 Å². The Kier molecular flexibility index (Phi) is 8.76. The largest absolute Gasteiger partial charge is 0.494 e. The Labute approximate surface area is 262 Å².